The summed E-state index contributed by atoms with van der Waals surface area (Å²) in [4.78, 5) is 13.9. The summed E-state index contributed by atoms with van der Waals surface area (Å²) < 4.78 is 5.35. The van der Waals surface area contributed by atoms with E-state index in [-0.39, 0.29) is 12.6 Å². The van der Waals surface area contributed by atoms with Gasteiger partial charge in [0.1, 0.15) is 5.75 Å². The number of para-hydroxylation sites is 1. The highest BCUT2D eigenvalue weighted by Crippen LogP contribution is 2.28. The highest BCUT2D eigenvalue weighted by Gasteiger charge is 2.14. The summed E-state index contributed by atoms with van der Waals surface area (Å²) in [6.45, 7) is 2.08. The summed E-state index contributed by atoms with van der Waals surface area (Å²) in [6.07, 6.45) is 2.01. The number of rotatable bonds is 9. The van der Waals surface area contributed by atoms with Gasteiger partial charge in [0.15, 0.2) is 6.61 Å². The van der Waals surface area contributed by atoms with E-state index in [0.717, 1.165) is 28.5 Å². The van der Waals surface area contributed by atoms with Crippen molar-refractivity contribution < 1.29 is 19.7 Å². The number of aromatic nitrogens is 1. The molecule has 1 aromatic heterocycles. The fourth-order valence-corrected chi connectivity index (χ4v) is 3.36. The van der Waals surface area contributed by atoms with E-state index in [0.29, 0.717) is 17.3 Å². The lowest BCUT2D eigenvalue weighted by molar-refractivity contribution is -0.139. The monoisotopic (exact) mass is 402 g/mol. The van der Waals surface area contributed by atoms with Crippen molar-refractivity contribution in [2.24, 2.45) is 0 Å². The summed E-state index contributed by atoms with van der Waals surface area (Å²) in [7, 11) is 0. The summed E-state index contributed by atoms with van der Waals surface area (Å²) in [5, 5.41) is 24.1. The fourth-order valence-electron chi connectivity index (χ4n) is 3.16. The van der Waals surface area contributed by atoms with E-state index in [1.807, 2.05) is 37.4 Å². The van der Waals surface area contributed by atoms with Crippen molar-refractivity contribution in [2.45, 2.75) is 25.5 Å². The van der Waals surface area contributed by atoms with Crippen molar-refractivity contribution in [3.63, 3.8) is 0 Å². The maximum atomic E-state index is 10.7. The molecule has 0 aliphatic rings. The number of fused-ring (bicyclic) bond motifs is 1. The van der Waals surface area contributed by atoms with Gasteiger partial charge in [-0.1, -0.05) is 35.9 Å². The third kappa shape index (κ3) is 5.04. The standard InChI is InChI=1S/C21H23ClN2O4/c1-13(23-11-18(25)14-4-2-5-16(22)9-14)8-15-10-24-21-17(15)6-3-7-19(21)28-12-20(26)27/h2-7,9-10,13,18,23-25H,8,11-12H2,1H3,(H,26,27). The van der Waals surface area contributed by atoms with E-state index in [4.69, 9.17) is 21.4 Å². The maximum Gasteiger partial charge on any atom is 0.341 e. The number of aliphatic hydroxyl groups is 1. The van der Waals surface area contributed by atoms with Crippen LogP contribution in [0.15, 0.2) is 48.7 Å². The van der Waals surface area contributed by atoms with Crippen LogP contribution in [-0.2, 0) is 11.2 Å². The first kappa shape index (κ1) is 20.2. The molecule has 2 unspecified atom stereocenters. The van der Waals surface area contributed by atoms with Crippen LogP contribution >= 0.6 is 11.6 Å². The van der Waals surface area contributed by atoms with Crippen LogP contribution in [0.1, 0.15) is 24.2 Å². The van der Waals surface area contributed by atoms with E-state index < -0.39 is 12.1 Å². The van der Waals surface area contributed by atoms with Crippen molar-refractivity contribution in [3.8, 4) is 5.75 Å². The van der Waals surface area contributed by atoms with Gasteiger partial charge in [-0.05, 0) is 42.7 Å². The molecule has 6 nitrogen and oxygen atoms in total. The Balaban J connectivity index is 1.62. The number of hydrogen-bond donors (Lipinski definition) is 4. The van der Waals surface area contributed by atoms with Gasteiger partial charge < -0.3 is 25.3 Å². The zero-order chi connectivity index (χ0) is 20.1. The van der Waals surface area contributed by atoms with Gasteiger partial charge in [-0.15, -0.1) is 0 Å². The number of aliphatic carboxylic acids is 1. The second kappa shape index (κ2) is 9.10. The van der Waals surface area contributed by atoms with Gasteiger partial charge in [-0.2, -0.15) is 0 Å². The van der Waals surface area contributed by atoms with Crippen LogP contribution in [0.3, 0.4) is 0 Å². The molecule has 0 amide bonds. The summed E-state index contributed by atoms with van der Waals surface area (Å²) in [5.74, 6) is -0.497. The van der Waals surface area contributed by atoms with E-state index in [9.17, 15) is 9.90 Å². The topological polar surface area (TPSA) is 94.6 Å². The molecule has 4 N–H and O–H groups in total. The second-order valence-corrected chi connectivity index (χ2v) is 7.20. The Morgan fingerprint density at radius 1 is 1.29 bits per heavy atom. The van der Waals surface area contributed by atoms with Crippen LogP contribution in [0.25, 0.3) is 10.9 Å². The molecule has 2 atom stereocenters. The quantitative estimate of drug-likeness (QED) is 0.439. The Morgan fingerprint density at radius 2 is 2.07 bits per heavy atom. The SMILES string of the molecule is CC(Cc1c[nH]c2c(OCC(=O)O)cccc12)NCC(O)c1cccc(Cl)c1. The zero-order valence-corrected chi connectivity index (χ0v) is 16.2. The molecule has 1 heterocycles. The normalized spacial score (nSPS) is 13.4. The third-order valence-electron chi connectivity index (χ3n) is 4.53. The van der Waals surface area contributed by atoms with Gasteiger partial charge in [0.25, 0.3) is 0 Å². The summed E-state index contributed by atoms with van der Waals surface area (Å²) >= 11 is 5.98. The first-order valence-corrected chi connectivity index (χ1v) is 9.42. The predicted octanol–water partition coefficient (Wildman–Crippen LogP) is 3.54. The van der Waals surface area contributed by atoms with Crippen LogP contribution < -0.4 is 10.1 Å². The lowest BCUT2D eigenvalue weighted by Crippen LogP contribution is -2.32. The van der Waals surface area contributed by atoms with Gasteiger partial charge in [0.05, 0.1) is 11.6 Å². The minimum absolute atomic E-state index is 0.122. The molecule has 0 fully saturated rings. The molecule has 0 saturated carbocycles. The zero-order valence-electron chi connectivity index (χ0n) is 15.5. The van der Waals surface area contributed by atoms with Gasteiger partial charge in [0, 0.05) is 29.2 Å². The molecule has 0 aliphatic heterocycles. The molecule has 0 spiro atoms. The number of aliphatic hydroxyl groups excluding tert-OH is 1. The predicted molar refractivity (Wildman–Crippen MR) is 109 cm³/mol. The summed E-state index contributed by atoms with van der Waals surface area (Å²) in [6, 6.07) is 12.9. The van der Waals surface area contributed by atoms with Crippen molar-refractivity contribution in [3.05, 3.63) is 64.8 Å². The van der Waals surface area contributed by atoms with Gasteiger partial charge in [-0.3, -0.25) is 0 Å². The smallest absolute Gasteiger partial charge is 0.341 e. The Labute approximate surface area is 168 Å². The van der Waals surface area contributed by atoms with Crippen LogP contribution in [0, 0.1) is 0 Å². The first-order valence-electron chi connectivity index (χ1n) is 9.04. The summed E-state index contributed by atoms with van der Waals surface area (Å²) in [5.41, 5.74) is 2.65. The number of aromatic amines is 1. The average Bonchev–Trinajstić information content (AvgIpc) is 3.07. The van der Waals surface area contributed by atoms with Crippen molar-refractivity contribution >= 4 is 28.5 Å². The molecule has 3 aromatic rings. The Kier molecular flexibility index (Phi) is 6.57. The number of carboxylic acids is 1. The second-order valence-electron chi connectivity index (χ2n) is 6.76. The number of halogens is 1. The van der Waals surface area contributed by atoms with Crippen molar-refractivity contribution in [1.82, 2.24) is 10.3 Å². The lowest BCUT2D eigenvalue weighted by Gasteiger charge is -2.17. The maximum absolute atomic E-state index is 10.7. The lowest BCUT2D eigenvalue weighted by atomic mass is 10.0. The van der Waals surface area contributed by atoms with Crippen LogP contribution in [0.2, 0.25) is 5.02 Å². The van der Waals surface area contributed by atoms with E-state index >= 15 is 0 Å². The molecule has 0 saturated heterocycles. The van der Waals surface area contributed by atoms with E-state index in [1.54, 1.807) is 18.2 Å². The molecule has 148 valence electrons. The molecule has 0 bridgehead atoms. The van der Waals surface area contributed by atoms with Gasteiger partial charge in [-0.25, -0.2) is 4.79 Å². The highest BCUT2D eigenvalue weighted by atomic mass is 35.5. The number of benzene rings is 2. The number of nitrogens with one attached hydrogen (secondary N) is 2. The number of hydrogen-bond acceptors (Lipinski definition) is 4. The Hall–Kier alpha value is -2.54. The minimum Gasteiger partial charge on any atom is -0.480 e. The Morgan fingerprint density at radius 3 is 2.82 bits per heavy atom. The van der Waals surface area contributed by atoms with Gasteiger partial charge in [0.2, 0.25) is 0 Å². The number of H-pyrrole nitrogens is 1. The number of carbonyl (C=O) groups is 1. The fraction of sp³-hybridized carbons (Fsp3) is 0.286. The van der Waals surface area contributed by atoms with Crippen molar-refractivity contribution in [2.75, 3.05) is 13.2 Å². The number of carboxylic acid groups (broad SMARTS) is 1. The molecular weight excluding hydrogens is 380 g/mol. The largest absolute Gasteiger partial charge is 0.480 e. The molecular formula is C21H23ClN2O4. The molecule has 0 radical (unpaired) electrons. The average molecular weight is 403 g/mol. The Bertz CT molecular complexity index is 956. The molecule has 0 aliphatic carbocycles. The van der Waals surface area contributed by atoms with Gasteiger partial charge >= 0.3 is 5.97 Å². The van der Waals surface area contributed by atoms with Crippen LogP contribution in [-0.4, -0.2) is 40.4 Å². The molecule has 28 heavy (non-hydrogen) atoms. The van der Waals surface area contributed by atoms with E-state index in [1.165, 1.54) is 0 Å². The third-order valence-corrected chi connectivity index (χ3v) is 4.77. The molecule has 3 rings (SSSR count). The molecule has 2 aromatic carbocycles. The van der Waals surface area contributed by atoms with Crippen LogP contribution in [0.5, 0.6) is 5.75 Å². The van der Waals surface area contributed by atoms with E-state index in [2.05, 4.69) is 10.3 Å². The highest BCUT2D eigenvalue weighted by molar-refractivity contribution is 6.30. The minimum atomic E-state index is -1.01. The number of ether oxygens (including phenoxy) is 1. The van der Waals surface area contributed by atoms with Crippen LogP contribution in [0.4, 0.5) is 0 Å². The molecule has 7 heteroatoms. The first-order chi connectivity index (χ1) is 13.4. The van der Waals surface area contributed by atoms with Crippen molar-refractivity contribution in [1.29, 1.82) is 0 Å².